The predicted octanol–water partition coefficient (Wildman–Crippen LogP) is 5.07. The van der Waals surface area contributed by atoms with E-state index in [0.29, 0.717) is 105 Å². The minimum absolute atomic E-state index is 0.0179. The van der Waals surface area contributed by atoms with Gasteiger partial charge in [-0.05, 0) is 87.1 Å². The van der Waals surface area contributed by atoms with Gasteiger partial charge in [-0.15, -0.1) is 0 Å². The lowest BCUT2D eigenvalue weighted by atomic mass is 9.86. The minimum Gasteiger partial charge on any atom is -0.383 e. The van der Waals surface area contributed by atoms with Crippen LogP contribution in [0.15, 0.2) is 40.2 Å². The van der Waals surface area contributed by atoms with Gasteiger partial charge in [-0.3, -0.25) is 39.1 Å². The number of nitrogens with zero attached hydrogens (tertiary/aromatic N) is 8. The number of likely N-dealkylation sites (N-methyl/N-ethyl adjacent to an activating group) is 1. The van der Waals surface area contributed by atoms with E-state index in [1.807, 2.05) is 41.1 Å². The van der Waals surface area contributed by atoms with Gasteiger partial charge >= 0.3 is 5.69 Å². The smallest absolute Gasteiger partial charge is 0.329 e. The Morgan fingerprint density at radius 3 is 2.47 bits per heavy atom. The number of amidine groups is 1. The van der Waals surface area contributed by atoms with Crippen LogP contribution in [-0.4, -0.2) is 135 Å². The molecular weight excluding hydrogens is 825 g/mol. The number of hydroxylamine groups is 2. The summed E-state index contributed by atoms with van der Waals surface area (Å²) in [7, 11) is 3.52. The second-order valence-electron chi connectivity index (χ2n) is 18.3. The Morgan fingerprint density at radius 1 is 0.953 bits per heavy atom. The van der Waals surface area contributed by atoms with Crippen LogP contribution in [0, 0.1) is 11.3 Å². The number of fused-ring (bicyclic) bond motifs is 2. The van der Waals surface area contributed by atoms with E-state index in [1.165, 1.54) is 4.57 Å². The van der Waals surface area contributed by atoms with Crippen molar-refractivity contribution in [2.45, 2.75) is 108 Å². The number of rotatable bonds is 13. The highest BCUT2D eigenvalue weighted by Crippen LogP contribution is 2.39. The number of piperidine rings is 3. The van der Waals surface area contributed by atoms with Gasteiger partial charge in [0.05, 0.1) is 16.7 Å². The molecule has 3 saturated heterocycles. The number of hydrogen-bond donors (Lipinski definition) is 4. The summed E-state index contributed by atoms with van der Waals surface area (Å²) in [4.78, 5) is 57.6. The van der Waals surface area contributed by atoms with E-state index < -0.39 is 18.4 Å². The number of anilines is 2. The van der Waals surface area contributed by atoms with Gasteiger partial charge in [-0.25, -0.2) is 18.6 Å². The van der Waals surface area contributed by atoms with Gasteiger partial charge in [-0.2, -0.15) is 5.10 Å². The lowest BCUT2D eigenvalue weighted by molar-refractivity contribution is -0.174. The fourth-order valence-corrected chi connectivity index (χ4v) is 10.6. The van der Waals surface area contributed by atoms with Crippen LogP contribution in [0.25, 0.3) is 11.0 Å². The van der Waals surface area contributed by atoms with Crippen LogP contribution >= 0.6 is 0 Å². The Morgan fingerprint density at radius 2 is 1.73 bits per heavy atom. The number of carbonyl (C=O) groups is 3. The molecule has 5 aliphatic rings. The molecular formula is C46H63F2N11O5. The summed E-state index contributed by atoms with van der Waals surface area (Å²) >= 11 is 0. The Balaban J connectivity index is 0.826. The van der Waals surface area contributed by atoms with Crippen LogP contribution in [0.2, 0.25) is 0 Å². The van der Waals surface area contributed by atoms with E-state index in [1.54, 1.807) is 40.7 Å². The zero-order valence-electron chi connectivity index (χ0n) is 37.3. The normalized spacial score (nSPS) is 23.1. The Labute approximate surface area is 372 Å². The molecule has 3 amide bonds. The van der Waals surface area contributed by atoms with Crippen LogP contribution < -0.4 is 21.2 Å². The second-order valence-corrected chi connectivity index (χ2v) is 18.3. The van der Waals surface area contributed by atoms with Crippen molar-refractivity contribution in [3.05, 3.63) is 57.5 Å². The average molecular weight is 888 g/mol. The van der Waals surface area contributed by atoms with Gasteiger partial charge in [-0.1, -0.05) is 18.6 Å². The lowest BCUT2D eigenvalue weighted by Gasteiger charge is -2.45. The molecule has 1 aromatic heterocycles. The number of hydrogen-bond acceptors (Lipinski definition) is 10. The van der Waals surface area contributed by atoms with Gasteiger partial charge in [0.25, 0.3) is 12.3 Å². The summed E-state index contributed by atoms with van der Waals surface area (Å²) in [6, 6.07) is 8.40. The number of aromatic nitrogens is 2. The first-order valence-electron chi connectivity index (χ1n) is 23.1. The summed E-state index contributed by atoms with van der Waals surface area (Å²) in [6.45, 7) is 5.78. The molecule has 4 N–H and O–H groups in total. The number of nitrogens with one attached hydrogen (secondary N) is 3. The third-order valence-corrected chi connectivity index (χ3v) is 14.1. The van der Waals surface area contributed by atoms with Crippen LogP contribution in [0.4, 0.5) is 20.2 Å². The molecule has 0 bridgehead atoms. The molecule has 0 radical (unpaired) electrons. The van der Waals surface area contributed by atoms with Crippen molar-refractivity contribution in [2.75, 3.05) is 69.6 Å². The number of amides is 3. The number of carbonyl (C=O) groups excluding carboxylic acids is 3. The molecule has 5 aliphatic heterocycles. The third-order valence-electron chi connectivity index (χ3n) is 14.1. The Kier molecular flexibility index (Phi) is 13.7. The number of para-hydroxylation sites is 1. The predicted molar refractivity (Wildman–Crippen MR) is 241 cm³/mol. The zero-order valence-corrected chi connectivity index (χ0v) is 37.3. The summed E-state index contributed by atoms with van der Waals surface area (Å²) in [5, 5.41) is 33.7. The quantitative estimate of drug-likeness (QED) is 0.0792. The molecule has 0 saturated carbocycles. The van der Waals surface area contributed by atoms with Crippen molar-refractivity contribution in [3.8, 4) is 0 Å². The number of unbranched alkanes of at least 4 members (excludes halogenated alkanes) is 2. The van der Waals surface area contributed by atoms with Crippen molar-refractivity contribution in [3.63, 3.8) is 0 Å². The van der Waals surface area contributed by atoms with Crippen LogP contribution in [0.1, 0.15) is 106 Å². The minimum atomic E-state index is -2.67. The van der Waals surface area contributed by atoms with E-state index in [2.05, 4.69) is 15.7 Å². The molecule has 64 heavy (non-hydrogen) atoms. The first-order valence-corrected chi connectivity index (χ1v) is 23.1. The van der Waals surface area contributed by atoms with Crippen molar-refractivity contribution in [1.82, 2.24) is 34.3 Å². The largest absolute Gasteiger partial charge is 0.383 e. The molecule has 4 atom stereocenters. The maximum Gasteiger partial charge on any atom is 0.329 e. The third kappa shape index (κ3) is 9.26. The number of hydrazone groups is 1. The maximum atomic E-state index is 14.6. The molecule has 18 heteroatoms. The fourth-order valence-electron chi connectivity index (χ4n) is 10.6. The van der Waals surface area contributed by atoms with Crippen molar-refractivity contribution in [2.24, 2.45) is 18.1 Å². The summed E-state index contributed by atoms with van der Waals surface area (Å²) in [5.41, 5.74) is 4.03. The van der Waals surface area contributed by atoms with Crippen LogP contribution in [0.5, 0.6) is 0 Å². The molecule has 16 nitrogen and oxygen atoms in total. The molecule has 3 fully saturated rings. The van der Waals surface area contributed by atoms with Gasteiger partial charge < -0.3 is 25.3 Å². The molecule has 346 valence electrons. The number of likely N-dealkylation sites (tertiary alicyclic amines) is 2. The van der Waals surface area contributed by atoms with Gasteiger partial charge in [0.1, 0.15) is 11.9 Å². The topological polar surface area (TPSA) is 175 Å². The SMILES string of the molecule is CC(=O)N1CCC(NC2CCN(C(=O)CCCCCNc3cccc4c3n(C)c(=O)n4C3CCCN(O)C3=O)CC2)C(C(=N)N2CCCc3cc(C4C=NN(C)C4)c(C(F)F)cc32)C1. The highest BCUT2D eigenvalue weighted by atomic mass is 19.3. The summed E-state index contributed by atoms with van der Waals surface area (Å²) < 4.78 is 32.3. The Hall–Kier alpha value is -5.36. The molecule has 0 aliphatic carbocycles. The molecule has 8 rings (SSSR count). The van der Waals surface area contributed by atoms with E-state index in [9.17, 15) is 38.6 Å². The van der Waals surface area contributed by atoms with Crippen molar-refractivity contribution in [1.29, 1.82) is 5.41 Å². The molecule has 4 unspecified atom stereocenters. The summed E-state index contributed by atoms with van der Waals surface area (Å²) in [6.07, 6.45) is 6.80. The van der Waals surface area contributed by atoms with E-state index in [0.717, 1.165) is 56.2 Å². The number of imidazole rings is 1. The number of aryl methyl sites for hydroxylation is 2. The van der Waals surface area contributed by atoms with E-state index >= 15 is 0 Å². The zero-order chi connectivity index (χ0) is 45.2. The van der Waals surface area contributed by atoms with Gasteiger partial charge in [0.15, 0.2) is 0 Å². The van der Waals surface area contributed by atoms with E-state index in [4.69, 9.17) is 0 Å². The summed E-state index contributed by atoms with van der Waals surface area (Å²) in [5.74, 6) is -0.576. The van der Waals surface area contributed by atoms with Crippen LogP contribution in [0.3, 0.4) is 0 Å². The monoisotopic (exact) mass is 887 g/mol. The lowest BCUT2D eigenvalue weighted by Crippen LogP contribution is -2.59. The average Bonchev–Trinajstić information content (AvgIpc) is 3.84. The molecule has 2 aromatic carbocycles. The number of halogens is 2. The first kappa shape index (κ1) is 45.2. The fraction of sp³-hybridized carbons (Fsp3) is 0.609. The first-order chi connectivity index (χ1) is 30.8. The van der Waals surface area contributed by atoms with Crippen LogP contribution in [-0.2, 0) is 27.9 Å². The highest BCUT2D eigenvalue weighted by molar-refractivity contribution is 5.99. The van der Waals surface area contributed by atoms with E-state index in [-0.39, 0.29) is 53.5 Å². The highest BCUT2D eigenvalue weighted by Gasteiger charge is 2.39. The number of benzene rings is 2. The molecule has 3 aromatic rings. The number of alkyl halides is 2. The Bertz CT molecular complexity index is 2320. The van der Waals surface area contributed by atoms with Crippen molar-refractivity contribution >= 4 is 52.2 Å². The van der Waals surface area contributed by atoms with Gasteiger partial charge in [0.2, 0.25) is 11.8 Å². The molecule has 6 heterocycles. The van der Waals surface area contributed by atoms with Gasteiger partial charge in [0, 0.05) is 121 Å². The maximum absolute atomic E-state index is 14.6. The molecule has 0 spiro atoms. The second kappa shape index (κ2) is 19.4. The van der Waals surface area contributed by atoms with Crippen molar-refractivity contribution < 1.29 is 28.4 Å². The standard InChI is InChI=1S/C46H63F2N11O5/c1-29(60)56-23-17-36(35(28-56)44(49)57-19-8-10-30-24-33(31-26-51-53(2)27-31)34(43(47)48)25-40(30)57)52-32-15-21-55(22-16-32)41(61)14-5-4-6-18-50-37-11-7-12-38-42(37)54(3)46(63)59(38)39-13-9-20-58(64)45(39)62/h7,11-12,24-26,31-32,35-36,39,43,49-50,52,64H,4-6,8-10,13-23,27-28H2,1-3H3.